The molecule has 0 aliphatic rings. The van der Waals surface area contributed by atoms with Gasteiger partial charge in [0.2, 0.25) is 0 Å². The Labute approximate surface area is 136 Å². The summed E-state index contributed by atoms with van der Waals surface area (Å²) in [5.41, 5.74) is 2.98. The average molecular weight is 312 g/mol. The summed E-state index contributed by atoms with van der Waals surface area (Å²) < 4.78 is 0. The average Bonchev–Trinajstić information content (AvgIpc) is 2.53. The highest BCUT2D eigenvalue weighted by molar-refractivity contribution is 7.78. The summed E-state index contributed by atoms with van der Waals surface area (Å²) in [7, 11) is 0. The van der Waals surface area contributed by atoms with Crippen molar-refractivity contribution in [2.75, 3.05) is 23.3 Å². The molecular weight excluding hydrogens is 292 g/mol. The van der Waals surface area contributed by atoms with E-state index in [2.05, 4.69) is 58.3 Å². The smallest absolute Gasteiger partial charge is 0.157 e. The second kappa shape index (κ2) is 7.69. The van der Waals surface area contributed by atoms with Crippen LogP contribution in [0.25, 0.3) is 0 Å². The summed E-state index contributed by atoms with van der Waals surface area (Å²) in [6.45, 7) is 7.97. The van der Waals surface area contributed by atoms with E-state index in [0.717, 1.165) is 36.1 Å². The fourth-order valence-corrected chi connectivity index (χ4v) is 2.29. The van der Waals surface area contributed by atoms with Crippen molar-refractivity contribution in [2.24, 2.45) is 4.99 Å². The zero-order chi connectivity index (χ0) is 15.9. The van der Waals surface area contributed by atoms with Crippen LogP contribution in [0, 0.1) is 6.92 Å². The van der Waals surface area contributed by atoms with Crippen molar-refractivity contribution in [1.82, 2.24) is 4.98 Å². The van der Waals surface area contributed by atoms with Gasteiger partial charge in [0.15, 0.2) is 5.82 Å². The van der Waals surface area contributed by atoms with Crippen LogP contribution in [0.2, 0.25) is 0 Å². The number of isothiocyanates is 1. The number of pyridine rings is 1. The molecule has 114 valence electrons. The van der Waals surface area contributed by atoms with Crippen molar-refractivity contribution in [3.8, 4) is 0 Å². The molecule has 1 aromatic carbocycles. The van der Waals surface area contributed by atoms with Crippen molar-refractivity contribution in [1.29, 1.82) is 0 Å². The first kappa shape index (κ1) is 16.1. The number of rotatable bonds is 6. The SMILES string of the molecule is CCN(CC)c1nc(Nc2ccc(C)cc2)ccc1N=C=S. The maximum Gasteiger partial charge on any atom is 0.157 e. The van der Waals surface area contributed by atoms with Gasteiger partial charge in [0.25, 0.3) is 0 Å². The molecule has 0 fully saturated rings. The number of aryl methyl sites for hydroxylation is 1. The van der Waals surface area contributed by atoms with Gasteiger partial charge in [-0.2, -0.15) is 4.99 Å². The van der Waals surface area contributed by atoms with Gasteiger partial charge in [0.05, 0.1) is 5.16 Å². The highest BCUT2D eigenvalue weighted by atomic mass is 32.1. The van der Waals surface area contributed by atoms with Gasteiger partial charge >= 0.3 is 0 Å². The lowest BCUT2D eigenvalue weighted by Gasteiger charge is -2.21. The van der Waals surface area contributed by atoms with E-state index in [4.69, 9.17) is 12.2 Å². The second-order valence-corrected chi connectivity index (χ2v) is 5.09. The van der Waals surface area contributed by atoms with Gasteiger partial charge in [-0.15, -0.1) is 0 Å². The molecule has 1 N–H and O–H groups in total. The second-order valence-electron chi connectivity index (χ2n) is 4.91. The summed E-state index contributed by atoms with van der Waals surface area (Å²) in [6.07, 6.45) is 0. The summed E-state index contributed by atoms with van der Waals surface area (Å²) in [5.74, 6) is 1.61. The lowest BCUT2D eigenvalue weighted by Crippen LogP contribution is -2.23. The molecule has 0 bridgehead atoms. The number of aliphatic imine (C=N–C) groups is 1. The maximum absolute atomic E-state index is 4.72. The third-order valence-corrected chi connectivity index (χ3v) is 3.50. The topological polar surface area (TPSA) is 40.5 Å². The Morgan fingerprint density at radius 2 is 1.82 bits per heavy atom. The Hall–Kier alpha value is -2.23. The molecule has 0 aliphatic carbocycles. The molecule has 0 aliphatic heterocycles. The first-order chi connectivity index (χ1) is 10.7. The molecule has 4 nitrogen and oxygen atoms in total. The normalized spacial score (nSPS) is 9.95. The van der Waals surface area contributed by atoms with E-state index in [9.17, 15) is 0 Å². The number of anilines is 3. The van der Waals surface area contributed by atoms with E-state index in [0.29, 0.717) is 0 Å². The van der Waals surface area contributed by atoms with Crippen LogP contribution < -0.4 is 10.2 Å². The van der Waals surface area contributed by atoms with Crippen LogP contribution in [0.4, 0.5) is 23.0 Å². The van der Waals surface area contributed by atoms with Crippen LogP contribution in [0.3, 0.4) is 0 Å². The molecule has 0 saturated heterocycles. The Balaban J connectivity index is 2.35. The minimum atomic E-state index is 0.744. The number of benzene rings is 1. The Morgan fingerprint density at radius 1 is 1.14 bits per heavy atom. The molecular formula is C17H20N4S. The van der Waals surface area contributed by atoms with Gasteiger partial charge in [-0.3, -0.25) is 0 Å². The molecule has 2 rings (SSSR count). The van der Waals surface area contributed by atoms with Crippen molar-refractivity contribution >= 4 is 40.4 Å². The van der Waals surface area contributed by atoms with E-state index in [-0.39, 0.29) is 0 Å². The zero-order valence-corrected chi connectivity index (χ0v) is 13.9. The largest absolute Gasteiger partial charge is 0.355 e. The molecule has 0 unspecified atom stereocenters. The summed E-state index contributed by atoms with van der Waals surface area (Å²) in [4.78, 5) is 10.9. The minimum absolute atomic E-state index is 0.744. The number of nitrogens with zero attached hydrogens (tertiary/aromatic N) is 3. The van der Waals surface area contributed by atoms with E-state index in [1.54, 1.807) is 0 Å². The van der Waals surface area contributed by atoms with E-state index < -0.39 is 0 Å². The van der Waals surface area contributed by atoms with Gasteiger partial charge < -0.3 is 10.2 Å². The van der Waals surface area contributed by atoms with Gasteiger partial charge in [-0.1, -0.05) is 17.7 Å². The number of hydrogen-bond acceptors (Lipinski definition) is 5. The van der Waals surface area contributed by atoms with Crippen LogP contribution in [0.5, 0.6) is 0 Å². The molecule has 1 aromatic heterocycles. The van der Waals surface area contributed by atoms with Crippen molar-refractivity contribution < 1.29 is 0 Å². The molecule has 0 saturated carbocycles. The van der Waals surface area contributed by atoms with Gasteiger partial charge in [0.1, 0.15) is 11.5 Å². The number of aromatic nitrogens is 1. The fourth-order valence-electron chi connectivity index (χ4n) is 2.19. The number of hydrogen-bond donors (Lipinski definition) is 1. The zero-order valence-electron chi connectivity index (χ0n) is 13.1. The first-order valence-electron chi connectivity index (χ1n) is 7.35. The van der Waals surface area contributed by atoms with Crippen LogP contribution in [0.15, 0.2) is 41.4 Å². The lowest BCUT2D eigenvalue weighted by molar-refractivity contribution is 0.847. The minimum Gasteiger partial charge on any atom is -0.355 e. The Bertz CT molecular complexity index is 672. The third kappa shape index (κ3) is 3.91. The summed E-state index contributed by atoms with van der Waals surface area (Å²) in [5, 5.41) is 5.74. The molecule has 0 radical (unpaired) electrons. The van der Waals surface area contributed by atoms with Crippen LogP contribution in [-0.4, -0.2) is 23.2 Å². The predicted octanol–water partition coefficient (Wildman–Crippen LogP) is 4.71. The molecule has 2 aromatic rings. The van der Waals surface area contributed by atoms with Crippen molar-refractivity contribution in [3.63, 3.8) is 0 Å². The first-order valence-corrected chi connectivity index (χ1v) is 7.76. The van der Waals surface area contributed by atoms with Crippen molar-refractivity contribution in [3.05, 3.63) is 42.0 Å². The van der Waals surface area contributed by atoms with E-state index in [1.165, 1.54) is 5.56 Å². The quantitative estimate of drug-likeness (QED) is 0.619. The number of nitrogens with one attached hydrogen (secondary N) is 1. The highest BCUT2D eigenvalue weighted by Crippen LogP contribution is 2.29. The maximum atomic E-state index is 4.72. The van der Waals surface area contributed by atoms with E-state index in [1.807, 2.05) is 24.3 Å². The Kier molecular flexibility index (Phi) is 5.64. The third-order valence-electron chi connectivity index (χ3n) is 3.41. The highest BCUT2D eigenvalue weighted by Gasteiger charge is 2.11. The monoisotopic (exact) mass is 312 g/mol. The lowest BCUT2D eigenvalue weighted by atomic mass is 10.2. The van der Waals surface area contributed by atoms with Crippen LogP contribution >= 0.6 is 12.2 Å². The molecule has 1 heterocycles. The van der Waals surface area contributed by atoms with Gasteiger partial charge in [-0.25, -0.2) is 4.98 Å². The Morgan fingerprint density at radius 3 is 2.41 bits per heavy atom. The summed E-state index contributed by atoms with van der Waals surface area (Å²) in [6, 6.07) is 12.0. The van der Waals surface area contributed by atoms with E-state index >= 15 is 0 Å². The van der Waals surface area contributed by atoms with Gasteiger partial charge in [-0.05, 0) is 57.3 Å². The molecule has 0 amide bonds. The number of thiocarbonyl (C=S) groups is 1. The molecule has 0 atom stereocenters. The van der Waals surface area contributed by atoms with Crippen LogP contribution in [-0.2, 0) is 0 Å². The molecule has 5 heteroatoms. The van der Waals surface area contributed by atoms with Crippen LogP contribution in [0.1, 0.15) is 19.4 Å². The molecule has 0 spiro atoms. The molecule has 22 heavy (non-hydrogen) atoms. The standard InChI is InChI=1S/C17H20N4S/c1-4-21(5-2)17-15(18-12-22)10-11-16(20-17)19-14-8-6-13(3)7-9-14/h6-11H,4-5H2,1-3H3,(H,19,20). The predicted molar refractivity (Wildman–Crippen MR) is 96.9 cm³/mol. The van der Waals surface area contributed by atoms with Gasteiger partial charge in [0, 0.05) is 18.8 Å². The summed E-state index contributed by atoms with van der Waals surface area (Å²) >= 11 is 4.72. The fraction of sp³-hybridized carbons (Fsp3) is 0.294. The van der Waals surface area contributed by atoms with Crippen molar-refractivity contribution in [2.45, 2.75) is 20.8 Å².